The van der Waals surface area contributed by atoms with E-state index in [0.717, 1.165) is 59.8 Å². The number of halogens is 1. The molecule has 0 radical (unpaired) electrons. The lowest BCUT2D eigenvalue weighted by molar-refractivity contribution is -0.438. The SMILES string of the molecule is CC1(C)C(/C=C/C2=C(Cl)C(=C/C=C3\N(CCCCS(=O)(=O)O)c4ccc5ccccc5c4C3(C)C)/CCC2)=[N+](CCCCS(=O)[O-])c2ccc3ccccc3c21. The molecule has 7 nitrogen and oxygen atoms in total. The number of unbranched alkanes of at least 4 members (excludes halogenated alkanes) is 2. The van der Waals surface area contributed by atoms with Gasteiger partial charge in [-0.2, -0.15) is 13.0 Å². The summed E-state index contributed by atoms with van der Waals surface area (Å²) in [6.45, 7) is 10.4. The van der Waals surface area contributed by atoms with Crippen LogP contribution in [0.5, 0.6) is 0 Å². The van der Waals surface area contributed by atoms with Crippen molar-refractivity contribution in [3.05, 3.63) is 130 Å². The van der Waals surface area contributed by atoms with Crippen molar-refractivity contribution in [3.63, 3.8) is 0 Å². The van der Waals surface area contributed by atoms with Gasteiger partial charge in [-0.15, -0.1) is 0 Å². The molecule has 2 heterocycles. The largest absolute Gasteiger partial charge is 0.772 e. The van der Waals surface area contributed by atoms with Crippen LogP contribution in [0.15, 0.2) is 119 Å². The van der Waals surface area contributed by atoms with E-state index >= 15 is 0 Å². The van der Waals surface area contributed by atoms with Gasteiger partial charge in [0.05, 0.1) is 11.2 Å². The van der Waals surface area contributed by atoms with Crippen molar-refractivity contribution in [1.82, 2.24) is 0 Å². The summed E-state index contributed by atoms with van der Waals surface area (Å²) in [5, 5.41) is 5.58. The monoisotopic (exact) mass is 810 g/mol. The molecule has 10 heteroatoms. The van der Waals surface area contributed by atoms with Crippen LogP contribution in [-0.4, -0.2) is 56.6 Å². The third-order valence-electron chi connectivity index (χ3n) is 11.8. The Morgan fingerprint density at radius 1 is 0.839 bits per heavy atom. The Kier molecular flexibility index (Phi) is 11.7. The van der Waals surface area contributed by atoms with E-state index in [1.54, 1.807) is 0 Å². The second-order valence-corrected chi connectivity index (χ2v) is 19.2. The smallest absolute Gasteiger partial charge is 0.264 e. The quantitative estimate of drug-likeness (QED) is 0.0625. The van der Waals surface area contributed by atoms with E-state index in [2.05, 4.69) is 134 Å². The third kappa shape index (κ3) is 7.98. The molecule has 7 rings (SSSR count). The molecular formula is C46H51ClN2O5S2. The molecule has 0 fully saturated rings. The lowest BCUT2D eigenvalue weighted by Crippen LogP contribution is -2.28. The summed E-state index contributed by atoms with van der Waals surface area (Å²) in [7, 11) is -4.03. The minimum Gasteiger partial charge on any atom is -0.772 e. The second kappa shape index (κ2) is 16.2. The van der Waals surface area contributed by atoms with E-state index < -0.39 is 21.2 Å². The molecule has 1 atom stereocenters. The number of benzene rings is 4. The first-order chi connectivity index (χ1) is 26.7. The maximum absolute atomic E-state index is 11.5. The highest BCUT2D eigenvalue weighted by atomic mass is 35.5. The van der Waals surface area contributed by atoms with E-state index in [0.29, 0.717) is 25.8 Å². The number of allylic oxidation sites excluding steroid dienone is 8. The summed E-state index contributed by atoms with van der Waals surface area (Å²) in [6.07, 6.45) is 13.8. The molecule has 4 aromatic rings. The highest BCUT2D eigenvalue weighted by molar-refractivity contribution is 7.85. The minimum absolute atomic E-state index is 0.159. The maximum Gasteiger partial charge on any atom is 0.264 e. The van der Waals surface area contributed by atoms with Crippen molar-refractivity contribution < 1.29 is 26.3 Å². The zero-order chi connectivity index (χ0) is 39.8. The van der Waals surface area contributed by atoms with Crippen molar-refractivity contribution in [3.8, 4) is 0 Å². The first-order valence-electron chi connectivity index (χ1n) is 19.6. The van der Waals surface area contributed by atoms with Crippen molar-refractivity contribution in [2.75, 3.05) is 29.5 Å². The van der Waals surface area contributed by atoms with Crippen LogP contribution >= 0.6 is 11.6 Å². The predicted molar refractivity (Wildman–Crippen MR) is 232 cm³/mol. The summed E-state index contributed by atoms with van der Waals surface area (Å²) < 4.78 is 57.4. The van der Waals surface area contributed by atoms with Gasteiger partial charge in [-0.3, -0.25) is 8.76 Å². The summed E-state index contributed by atoms with van der Waals surface area (Å²) in [5.41, 5.74) is 8.67. The molecule has 2 aliphatic heterocycles. The molecule has 1 aliphatic carbocycles. The molecule has 0 saturated carbocycles. The zero-order valence-electron chi connectivity index (χ0n) is 32.7. The van der Waals surface area contributed by atoms with Crippen LogP contribution in [0.1, 0.15) is 83.8 Å². The van der Waals surface area contributed by atoms with E-state index in [9.17, 15) is 21.7 Å². The third-order valence-corrected chi connectivity index (χ3v) is 13.7. The van der Waals surface area contributed by atoms with Crippen molar-refractivity contribution in [2.24, 2.45) is 0 Å². The predicted octanol–water partition coefficient (Wildman–Crippen LogP) is 10.5. The Morgan fingerprint density at radius 2 is 1.52 bits per heavy atom. The first-order valence-corrected chi connectivity index (χ1v) is 22.9. The van der Waals surface area contributed by atoms with Gasteiger partial charge < -0.3 is 9.45 Å². The average Bonchev–Trinajstić information content (AvgIpc) is 3.51. The van der Waals surface area contributed by atoms with Gasteiger partial charge in [-0.1, -0.05) is 103 Å². The second-order valence-electron chi connectivity index (χ2n) is 16.3. The van der Waals surface area contributed by atoms with Gasteiger partial charge in [0.2, 0.25) is 5.69 Å². The summed E-state index contributed by atoms with van der Waals surface area (Å²) in [4.78, 5) is 2.31. The maximum atomic E-state index is 11.5. The fourth-order valence-corrected chi connectivity index (χ4v) is 10.5. The van der Waals surface area contributed by atoms with E-state index in [1.165, 1.54) is 44.1 Å². The Hall–Kier alpha value is -3.86. The van der Waals surface area contributed by atoms with Crippen LogP contribution in [0.4, 0.5) is 11.4 Å². The van der Waals surface area contributed by atoms with Crippen LogP contribution in [-0.2, 0) is 32.0 Å². The number of fused-ring (bicyclic) bond motifs is 6. The molecule has 0 saturated heterocycles. The van der Waals surface area contributed by atoms with Gasteiger partial charge in [0.15, 0.2) is 5.71 Å². The van der Waals surface area contributed by atoms with E-state index in [1.807, 2.05) is 0 Å². The van der Waals surface area contributed by atoms with Gasteiger partial charge in [0.25, 0.3) is 10.1 Å². The lowest BCUT2D eigenvalue weighted by Gasteiger charge is -2.27. The normalized spacial score (nSPS) is 19.9. The minimum atomic E-state index is -4.03. The van der Waals surface area contributed by atoms with E-state index in [-0.39, 0.29) is 22.3 Å². The molecule has 3 aliphatic rings. The highest BCUT2D eigenvalue weighted by Crippen LogP contribution is 2.51. The van der Waals surface area contributed by atoms with Crippen molar-refractivity contribution >= 4 is 71.4 Å². The molecule has 4 aromatic carbocycles. The number of rotatable bonds is 13. The number of hydrogen-bond donors (Lipinski definition) is 1. The summed E-state index contributed by atoms with van der Waals surface area (Å²) >= 11 is 5.25. The lowest BCUT2D eigenvalue weighted by atomic mass is 9.78. The highest BCUT2D eigenvalue weighted by Gasteiger charge is 2.45. The molecule has 1 N–H and O–H groups in total. The van der Waals surface area contributed by atoms with Crippen LogP contribution in [0, 0.1) is 0 Å². The van der Waals surface area contributed by atoms with Crippen LogP contribution in [0.25, 0.3) is 21.5 Å². The zero-order valence-corrected chi connectivity index (χ0v) is 35.1. The average molecular weight is 812 g/mol. The van der Waals surface area contributed by atoms with Crippen LogP contribution in [0.2, 0.25) is 0 Å². The van der Waals surface area contributed by atoms with Crippen LogP contribution < -0.4 is 4.90 Å². The Balaban J connectivity index is 1.24. The fourth-order valence-electron chi connectivity index (χ4n) is 9.16. The first kappa shape index (κ1) is 40.3. The number of hydrogen-bond acceptors (Lipinski definition) is 5. The molecule has 0 spiro atoms. The Labute approximate surface area is 339 Å². The van der Waals surface area contributed by atoms with Gasteiger partial charge in [0.1, 0.15) is 6.54 Å². The molecule has 0 amide bonds. The van der Waals surface area contributed by atoms with Crippen molar-refractivity contribution in [1.29, 1.82) is 0 Å². The van der Waals surface area contributed by atoms with Gasteiger partial charge in [0, 0.05) is 58.3 Å². The Bertz CT molecular complexity index is 2490. The topological polar surface area (TPSA) is 101 Å². The molecule has 1 unspecified atom stereocenters. The van der Waals surface area contributed by atoms with Gasteiger partial charge in [-0.25, -0.2) is 0 Å². The van der Waals surface area contributed by atoms with Crippen LogP contribution in [0.3, 0.4) is 0 Å². The van der Waals surface area contributed by atoms with E-state index in [4.69, 9.17) is 11.6 Å². The summed E-state index contributed by atoms with van der Waals surface area (Å²) in [6, 6.07) is 25.6. The van der Waals surface area contributed by atoms with Gasteiger partial charge >= 0.3 is 0 Å². The fraction of sp³-hybridized carbons (Fsp3) is 0.370. The molecule has 0 aromatic heterocycles. The van der Waals surface area contributed by atoms with Gasteiger partial charge in [-0.05, 0) is 109 Å². The number of anilines is 1. The van der Waals surface area contributed by atoms with Crippen molar-refractivity contribution in [2.45, 2.75) is 83.5 Å². The molecule has 56 heavy (non-hydrogen) atoms. The molecule has 294 valence electrons. The Morgan fingerprint density at radius 3 is 2.21 bits per heavy atom. The molecular weight excluding hydrogens is 760 g/mol. The number of nitrogens with zero attached hydrogens (tertiary/aromatic N) is 2. The molecule has 0 bridgehead atoms. The summed E-state index contributed by atoms with van der Waals surface area (Å²) in [5.74, 6) is -0.0959. The standard InChI is InChI=1S/C46H51ClN2O5S2/c1-45(2)40(48(28-9-11-30-55(50)51)38-24-20-32-14-5-7-18-36(32)42(38)45)26-22-34-16-13-17-35(44(34)47)23-27-41-46(3,4)43-37-19-8-6-15-33(37)21-25-39(43)49(41)29-10-12-31-56(52,53)54/h5-8,14-15,18-27H,9-13,16-17,28-31H2,1-4H3,(H-,50,51,52,53,54).